The van der Waals surface area contributed by atoms with Crippen molar-refractivity contribution < 1.29 is 19.4 Å². The van der Waals surface area contributed by atoms with Crippen molar-refractivity contribution in [3.8, 4) is 11.4 Å². The fourth-order valence-corrected chi connectivity index (χ4v) is 5.14. The summed E-state index contributed by atoms with van der Waals surface area (Å²) in [4.78, 5) is 41.3. The molecule has 2 aromatic carbocycles. The Labute approximate surface area is 226 Å². The van der Waals surface area contributed by atoms with Gasteiger partial charge in [0, 0.05) is 16.6 Å². The van der Waals surface area contributed by atoms with Crippen LogP contribution in [0.1, 0.15) is 49.9 Å². The summed E-state index contributed by atoms with van der Waals surface area (Å²) in [5.74, 6) is 0.0701. The molecule has 0 bridgehead atoms. The van der Waals surface area contributed by atoms with Crippen molar-refractivity contribution in [2.45, 2.75) is 54.2 Å². The Kier molecular flexibility index (Phi) is 8.01. The van der Waals surface area contributed by atoms with Gasteiger partial charge in [0.15, 0.2) is 0 Å². The lowest BCUT2D eigenvalue weighted by atomic mass is 9.90. The van der Waals surface area contributed by atoms with Gasteiger partial charge in [-0.2, -0.15) is 0 Å². The Morgan fingerprint density at radius 2 is 1.87 bits per heavy atom. The molecule has 5 rings (SSSR count). The second kappa shape index (κ2) is 11.2. The summed E-state index contributed by atoms with van der Waals surface area (Å²) < 4.78 is 6.37. The highest BCUT2D eigenvalue weighted by molar-refractivity contribution is 6.10. The lowest BCUT2D eigenvalue weighted by Gasteiger charge is -2.16. The molecule has 2 aromatic heterocycles. The number of aromatic nitrogens is 2. The van der Waals surface area contributed by atoms with E-state index in [1.165, 1.54) is 0 Å². The Morgan fingerprint density at radius 1 is 1.15 bits per heavy atom. The lowest BCUT2D eigenvalue weighted by molar-refractivity contribution is -0.114. The number of amides is 1. The maximum atomic E-state index is 13.4. The Morgan fingerprint density at radius 3 is 2.54 bits per heavy atom. The number of aryl methyl sites for hydroxylation is 1. The van der Waals surface area contributed by atoms with E-state index in [0.29, 0.717) is 35.0 Å². The summed E-state index contributed by atoms with van der Waals surface area (Å²) in [6.07, 6.45) is -0.648. The zero-order chi connectivity index (χ0) is 28.4. The number of ether oxygens (including phenoxy) is 1. The number of pyridine rings is 2. The van der Waals surface area contributed by atoms with E-state index in [9.17, 15) is 14.4 Å². The summed E-state index contributed by atoms with van der Waals surface area (Å²) in [5, 5.41) is 14.7. The van der Waals surface area contributed by atoms with Crippen LogP contribution in [0.25, 0.3) is 33.1 Å². The molecule has 0 unspecified atom stereocenters. The van der Waals surface area contributed by atoms with Crippen molar-refractivity contribution in [3.63, 3.8) is 0 Å². The summed E-state index contributed by atoms with van der Waals surface area (Å²) >= 11 is 0. The van der Waals surface area contributed by atoms with Gasteiger partial charge in [-0.3, -0.25) is 9.59 Å². The van der Waals surface area contributed by atoms with Crippen LogP contribution in [0.15, 0.2) is 41.2 Å². The Bertz CT molecular complexity index is 1660. The SMILES string of the molecule is CC.Cc1cc2n(c(=O)c1COC(=O)O)Cc1c-2nc2ccc3ccc(NC(=O)CN)cc3c2c1CC(C)C. The molecule has 4 aromatic rings. The second-order valence-corrected chi connectivity index (χ2v) is 9.80. The van der Waals surface area contributed by atoms with Crippen LogP contribution in [0.4, 0.5) is 10.5 Å². The molecule has 3 heterocycles. The number of carboxylic acid groups (broad SMARTS) is 1. The third kappa shape index (κ3) is 5.22. The Balaban J connectivity index is 0.00000172. The zero-order valence-corrected chi connectivity index (χ0v) is 22.9. The van der Waals surface area contributed by atoms with Crippen molar-refractivity contribution in [1.29, 1.82) is 0 Å². The molecule has 1 amide bonds. The fourth-order valence-electron chi connectivity index (χ4n) is 5.14. The molecule has 204 valence electrons. The number of nitrogens with one attached hydrogen (secondary N) is 1. The normalized spacial score (nSPS) is 11.7. The van der Waals surface area contributed by atoms with E-state index in [2.05, 4.69) is 19.2 Å². The van der Waals surface area contributed by atoms with Crippen LogP contribution in [-0.2, 0) is 29.1 Å². The first-order valence-electron chi connectivity index (χ1n) is 13.2. The number of fused-ring (bicyclic) bond motifs is 6. The van der Waals surface area contributed by atoms with Crippen LogP contribution >= 0.6 is 0 Å². The van der Waals surface area contributed by atoms with Gasteiger partial charge in [0.2, 0.25) is 5.91 Å². The largest absolute Gasteiger partial charge is 0.506 e. The van der Waals surface area contributed by atoms with E-state index in [1.54, 1.807) is 11.5 Å². The second-order valence-electron chi connectivity index (χ2n) is 9.80. The van der Waals surface area contributed by atoms with E-state index in [-0.39, 0.29) is 24.6 Å². The highest BCUT2D eigenvalue weighted by Crippen LogP contribution is 2.40. The van der Waals surface area contributed by atoms with E-state index >= 15 is 0 Å². The predicted molar refractivity (Wildman–Crippen MR) is 153 cm³/mol. The molecule has 0 fully saturated rings. The average Bonchev–Trinajstić information content (AvgIpc) is 3.27. The third-order valence-electron chi connectivity index (χ3n) is 6.79. The highest BCUT2D eigenvalue weighted by atomic mass is 16.7. The number of rotatable bonds is 6. The van der Waals surface area contributed by atoms with Gasteiger partial charge in [-0.05, 0) is 65.4 Å². The minimum absolute atomic E-state index is 0.104. The van der Waals surface area contributed by atoms with Gasteiger partial charge in [0.25, 0.3) is 5.56 Å². The van der Waals surface area contributed by atoms with Gasteiger partial charge in [-0.25, -0.2) is 9.78 Å². The molecule has 1 aliphatic heterocycles. The number of anilines is 1. The van der Waals surface area contributed by atoms with Crippen molar-refractivity contribution in [3.05, 3.63) is 69.0 Å². The monoisotopic (exact) mass is 530 g/mol. The highest BCUT2D eigenvalue weighted by Gasteiger charge is 2.28. The van der Waals surface area contributed by atoms with Crippen LogP contribution in [0.5, 0.6) is 0 Å². The summed E-state index contributed by atoms with van der Waals surface area (Å²) in [6, 6.07) is 11.6. The summed E-state index contributed by atoms with van der Waals surface area (Å²) in [7, 11) is 0. The number of nitrogens with zero attached hydrogens (tertiary/aromatic N) is 2. The first-order valence-corrected chi connectivity index (χ1v) is 13.2. The van der Waals surface area contributed by atoms with Crippen molar-refractivity contribution in [2.24, 2.45) is 11.7 Å². The van der Waals surface area contributed by atoms with Gasteiger partial charge < -0.3 is 25.5 Å². The van der Waals surface area contributed by atoms with Crippen LogP contribution in [0.3, 0.4) is 0 Å². The summed E-state index contributed by atoms with van der Waals surface area (Å²) in [5.41, 5.74) is 11.2. The quantitative estimate of drug-likeness (QED) is 0.203. The van der Waals surface area contributed by atoms with Gasteiger partial charge in [0.05, 0.1) is 35.6 Å². The van der Waals surface area contributed by atoms with Gasteiger partial charge in [-0.1, -0.05) is 39.8 Å². The zero-order valence-electron chi connectivity index (χ0n) is 22.9. The van der Waals surface area contributed by atoms with E-state index in [1.807, 2.05) is 50.2 Å². The first-order chi connectivity index (χ1) is 18.7. The molecular weight excluding hydrogens is 496 g/mol. The maximum Gasteiger partial charge on any atom is 0.506 e. The molecule has 9 heteroatoms. The molecule has 4 N–H and O–H groups in total. The predicted octanol–water partition coefficient (Wildman–Crippen LogP) is 5.20. The minimum atomic E-state index is -1.42. The maximum absolute atomic E-state index is 13.4. The molecule has 0 aliphatic carbocycles. The van der Waals surface area contributed by atoms with Crippen LogP contribution in [0.2, 0.25) is 0 Å². The number of hydrogen-bond acceptors (Lipinski definition) is 6. The van der Waals surface area contributed by atoms with E-state index < -0.39 is 6.16 Å². The van der Waals surface area contributed by atoms with Crippen LogP contribution in [-0.4, -0.2) is 33.3 Å². The van der Waals surface area contributed by atoms with Gasteiger partial charge in [0.1, 0.15) is 6.61 Å². The number of hydrogen-bond donors (Lipinski definition) is 3. The molecule has 0 atom stereocenters. The third-order valence-corrected chi connectivity index (χ3v) is 6.79. The van der Waals surface area contributed by atoms with E-state index in [4.69, 9.17) is 20.6 Å². The van der Waals surface area contributed by atoms with Crippen molar-refractivity contribution in [1.82, 2.24) is 9.55 Å². The summed E-state index contributed by atoms with van der Waals surface area (Å²) in [6.45, 7) is 10.0. The topological polar surface area (TPSA) is 137 Å². The molecule has 0 radical (unpaired) electrons. The number of carbonyl (C=O) groups is 2. The smallest absolute Gasteiger partial charge is 0.450 e. The molecule has 39 heavy (non-hydrogen) atoms. The molecule has 0 saturated heterocycles. The Hall–Kier alpha value is -4.24. The van der Waals surface area contributed by atoms with Crippen LogP contribution in [0, 0.1) is 12.8 Å². The number of carbonyl (C=O) groups excluding carboxylic acids is 1. The fraction of sp³-hybridized carbons (Fsp3) is 0.333. The molecule has 1 aliphatic rings. The number of nitrogens with two attached hydrogens (primary N) is 1. The van der Waals surface area contributed by atoms with Crippen molar-refractivity contribution in [2.75, 3.05) is 11.9 Å². The lowest BCUT2D eigenvalue weighted by Crippen LogP contribution is -2.25. The standard InChI is InChI=1S/C28H28N4O5.C2H6/c1-14(2)8-19-20-12-32-23(9-15(3)21(27(32)34)13-37-28(35)36)26(20)31-22-7-5-16-4-6-17(30-24(33)11-29)10-18(16)25(19)22;1-2/h4-7,9-10,14H,8,11-13,29H2,1-3H3,(H,30,33)(H,35,36);1-2H3. The molecule has 0 spiro atoms. The van der Waals surface area contributed by atoms with E-state index in [0.717, 1.165) is 44.9 Å². The molecule has 9 nitrogen and oxygen atoms in total. The average molecular weight is 531 g/mol. The van der Waals surface area contributed by atoms with Gasteiger partial charge in [-0.15, -0.1) is 0 Å². The first kappa shape index (κ1) is 27.8. The number of benzene rings is 2. The van der Waals surface area contributed by atoms with Crippen LogP contribution < -0.4 is 16.6 Å². The van der Waals surface area contributed by atoms with Gasteiger partial charge >= 0.3 is 6.16 Å². The molecule has 0 saturated carbocycles. The molecular formula is C30H34N4O5. The minimum Gasteiger partial charge on any atom is -0.450 e. The van der Waals surface area contributed by atoms with Crippen molar-refractivity contribution >= 4 is 39.4 Å².